The number of rotatable bonds is 3. The molecule has 7 nitrogen and oxygen atoms in total. The molecule has 2 aliphatic rings. The molecular weight excluding hydrogens is 338 g/mol. The van der Waals surface area contributed by atoms with Gasteiger partial charge >= 0.3 is 0 Å². The van der Waals surface area contributed by atoms with Gasteiger partial charge in [0.25, 0.3) is 0 Å². The van der Waals surface area contributed by atoms with Gasteiger partial charge in [0.15, 0.2) is 0 Å². The minimum Gasteiger partial charge on any atom is -0.356 e. The summed E-state index contributed by atoms with van der Waals surface area (Å²) in [5.41, 5.74) is 1.57. The van der Waals surface area contributed by atoms with Crippen LogP contribution >= 0.6 is 0 Å². The molecule has 2 aromatic heterocycles. The van der Waals surface area contributed by atoms with E-state index in [1.165, 1.54) is 19.3 Å². The molecule has 2 aliphatic heterocycles. The number of aryl methyl sites for hydroxylation is 1. The van der Waals surface area contributed by atoms with E-state index in [0.29, 0.717) is 5.56 Å². The molecule has 2 saturated heterocycles. The quantitative estimate of drug-likeness (QED) is 0.829. The monoisotopic (exact) mass is 363 g/mol. The van der Waals surface area contributed by atoms with Crippen molar-refractivity contribution in [1.82, 2.24) is 15.0 Å². The van der Waals surface area contributed by atoms with Crippen LogP contribution in [0.3, 0.4) is 0 Å². The highest BCUT2D eigenvalue weighted by Gasteiger charge is 2.23. The summed E-state index contributed by atoms with van der Waals surface area (Å²) in [6.07, 6.45) is 5.66. The zero-order valence-corrected chi connectivity index (χ0v) is 15.8. The maximum atomic E-state index is 9.37. The molecule has 0 aliphatic carbocycles. The van der Waals surface area contributed by atoms with Crippen LogP contribution in [0, 0.1) is 18.3 Å². The van der Waals surface area contributed by atoms with Crippen LogP contribution in [0.2, 0.25) is 0 Å². The van der Waals surface area contributed by atoms with Crippen LogP contribution in [0.15, 0.2) is 24.4 Å². The number of pyridine rings is 1. The Morgan fingerprint density at radius 2 is 1.59 bits per heavy atom. The summed E-state index contributed by atoms with van der Waals surface area (Å²) < 4.78 is 0. The highest BCUT2D eigenvalue weighted by atomic mass is 15.3. The molecule has 0 spiro atoms. The molecule has 4 heterocycles. The lowest BCUT2D eigenvalue weighted by atomic mass is 10.1. The number of hydrogen-bond donors (Lipinski definition) is 0. The summed E-state index contributed by atoms with van der Waals surface area (Å²) in [6.45, 7) is 7.39. The first kappa shape index (κ1) is 17.5. The average molecular weight is 363 g/mol. The Kier molecular flexibility index (Phi) is 5.05. The van der Waals surface area contributed by atoms with Crippen molar-refractivity contribution in [3.63, 3.8) is 0 Å². The van der Waals surface area contributed by atoms with Gasteiger partial charge in [-0.3, -0.25) is 0 Å². The van der Waals surface area contributed by atoms with Crippen molar-refractivity contribution in [1.29, 1.82) is 5.26 Å². The van der Waals surface area contributed by atoms with Gasteiger partial charge in [0.1, 0.15) is 17.7 Å². The van der Waals surface area contributed by atoms with Gasteiger partial charge in [-0.1, -0.05) is 0 Å². The van der Waals surface area contributed by atoms with Gasteiger partial charge < -0.3 is 14.7 Å². The Hall–Kier alpha value is -2.88. The molecule has 0 amide bonds. The lowest BCUT2D eigenvalue weighted by Gasteiger charge is -2.36. The summed E-state index contributed by atoms with van der Waals surface area (Å²) >= 11 is 0. The van der Waals surface area contributed by atoms with Crippen LogP contribution in [0.1, 0.15) is 30.5 Å². The third kappa shape index (κ3) is 3.80. The molecule has 0 atom stereocenters. The van der Waals surface area contributed by atoms with Crippen molar-refractivity contribution in [3.8, 4) is 6.07 Å². The fourth-order valence-corrected chi connectivity index (χ4v) is 3.78. The topological polar surface area (TPSA) is 72.2 Å². The molecule has 0 N–H and O–H groups in total. The number of aromatic nitrogens is 3. The van der Waals surface area contributed by atoms with Gasteiger partial charge in [-0.05, 0) is 44.4 Å². The lowest BCUT2D eigenvalue weighted by molar-refractivity contribution is 0.571. The van der Waals surface area contributed by atoms with E-state index in [1.807, 2.05) is 31.3 Å². The van der Waals surface area contributed by atoms with Crippen LogP contribution in [0.4, 0.5) is 17.6 Å². The van der Waals surface area contributed by atoms with E-state index in [9.17, 15) is 5.26 Å². The molecule has 2 aromatic rings. The lowest BCUT2D eigenvalue weighted by Crippen LogP contribution is -2.47. The highest BCUT2D eigenvalue weighted by molar-refractivity contribution is 5.55. The standard InChI is InChI=1S/C20H25N7/c1-16-5-6-17(15-21)19(23-16)26-11-13-27(14-12-26)20-22-8-7-18(24-20)25-9-3-2-4-10-25/h5-8H,2-4,9-14H2,1H3. The van der Waals surface area contributed by atoms with Crippen molar-refractivity contribution >= 4 is 17.6 Å². The largest absolute Gasteiger partial charge is 0.356 e. The second kappa shape index (κ2) is 7.78. The minimum absolute atomic E-state index is 0.636. The first-order chi connectivity index (χ1) is 13.2. The molecule has 0 unspecified atom stereocenters. The zero-order chi connectivity index (χ0) is 18.6. The van der Waals surface area contributed by atoms with Crippen molar-refractivity contribution < 1.29 is 0 Å². The summed E-state index contributed by atoms with van der Waals surface area (Å²) in [7, 11) is 0. The van der Waals surface area contributed by atoms with E-state index in [1.54, 1.807) is 0 Å². The molecule has 2 fully saturated rings. The van der Waals surface area contributed by atoms with Gasteiger partial charge in [-0.2, -0.15) is 10.2 Å². The molecule has 0 bridgehead atoms. The predicted octanol–water partition coefficient (Wildman–Crippen LogP) is 2.37. The van der Waals surface area contributed by atoms with Crippen LogP contribution in [-0.4, -0.2) is 54.2 Å². The van der Waals surface area contributed by atoms with Crippen LogP contribution in [0.25, 0.3) is 0 Å². The Morgan fingerprint density at radius 3 is 2.33 bits per heavy atom. The first-order valence-electron chi connectivity index (χ1n) is 9.70. The number of hydrogen-bond acceptors (Lipinski definition) is 7. The Labute approximate surface area is 160 Å². The maximum absolute atomic E-state index is 9.37. The van der Waals surface area contributed by atoms with Crippen molar-refractivity contribution in [2.45, 2.75) is 26.2 Å². The van der Waals surface area contributed by atoms with Gasteiger partial charge in [0.2, 0.25) is 5.95 Å². The Morgan fingerprint density at radius 1 is 0.852 bits per heavy atom. The zero-order valence-electron chi connectivity index (χ0n) is 15.8. The smallest absolute Gasteiger partial charge is 0.227 e. The SMILES string of the molecule is Cc1ccc(C#N)c(N2CCN(c3nccc(N4CCCCC4)n3)CC2)n1. The van der Waals surface area contributed by atoms with E-state index >= 15 is 0 Å². The second-order valence-electron chi connectivity index (χ2n) is 7.17. The van der Waals surface area contributed by atoms with Gasteiger partial charge in [-0.15, -0.1) is 0 Å². The van der Waals surface area contributed by atoms with E-state index in [-0.39, 0.29) is 0 Å². The van der Waals surface area contributed by atoms with Gasteiger partial charge in [-0.25, -0.2) is 9.97 Å². The fraction of sp³-hybridized carbons (Fsp3) is 0.500. The number of nitrogens with zero attached hydrogens (tertiary/aromatic N) is 7. The second-order valence-corrected chi connectivity index (χ2v) is 7.17. The number of piperidine rings is 1. The fourth-order valence-electron chi connectivity index (χ4n) is 3.78. The van der Waals surface area contributed by atoms with Gasteiger partial charge in [0.05, 0.1) is 5.56 Å². The van der Waals surface area contributed by atoms with Crippen LogP contribution in [-0.2, 0) is 0 Å². The van der Waals surface area contributed by atoms with Crippen molar-refractivity contribution in [2.24, 2.45) is 0 Å². The summed E-state index contributed by atoms with van der Waals surface area (Å²) in [6, 6.07) is 8.02. The molecule has 4 rings (SSSR count). The average Bonchev–Trinajstić information content (AvgIpc) is 2.74. The number of anilines is 3. The summed E-state index contributed by atoms with van der Waals surface area (Å²) in [4.78, 5) is 20.7. The Balaban J connectivity index is 1.45. The van der Waals surface area contributed by atoms with E-state index in [2.05, 4.69) is 30.7 Å². The molecule has 140 valence electrons. The first-order valence-corrected chi connectivity index (χ1v) is 9.70. The summed E-state index contributed by atoms with van der Waals surface area (Å²) in [5.74, 6) is 2.63. The third-order valence-corrected chi connectivity index (χ3v) is 5.31. The minimum atomic E-state index is 0.636. The Bertz CT molecular complexity index is 830. The van der Waals surface area contributed by atoms with E-state index in [4.69, 9.17) is 4.98 Å². The maximum Gasteiger partial charge on any atom is 0.227 e. The number of piperazine rings is 1. The molecule has 27 heavy (non-hydrogen) atoms. The van der Waals surface area contributed by atoms with Crippen molar-refractivity contribution in [2.75, 3.05) is 54.0 Å². The van der Waals surface area contributed by atoms with E-state index in [0.717, 1.165) is 62.5 Å². The normalized spacial score (nSPS) is 17.7. The molecule has 0 radical (unpaired) electrons. The van der Waals surface area contributed by atoms with Gasteiger partial charge in [0, 0.05) is 51.2 Å². The molecular formula is C20H25N7. The number of nitriles is 1. The molecule has 0 aromatic carbocycles. The predicted molar refractivity (Wildman–Crippen MR) is 106 cm³/mol. The van der Waals surface area contributed by atoms with Crippen molar-refractivity contribution in [3.05, 3.63) is 35.7 Å². The highest BCUT2D eigenvalue weighted by Crippen LogP contribution is 2.23. The summed E-state index contributed by atoms with van der Waals surface area (Å²) in [5, 5.41) is 9.37. The van der Waals surface area contributed by atoms with Crippen LogP contribution < -0.4 is 14.7 Å². The van der Waals surface area contributed by atoms with E-state index < -0.39 is 0 Å². The van der Waals surface area contributed by atoms with Crippen LogP contribution in [0.5, 0.6) is 0 Å². The molecule has 0 saturated carbocycles. The third-order valence-electron chi connectivity index (χ3n) is 5.31. The molecule has 7 heteroatoms.